The van der Waals surface area contributed by atoms with Crippen LogP contribution in [0.2, 0.25) is 0 Å². The largest absolute Gasteiger partial charge is 0.497 e. The molecule has 0 bridgehead atoms. The number of benzene rings is 2. The van der Waals surface area contributed by atoms with E-state index in [1.807, 2.05) is 35.2 Å². The number of anilines is 1. The van der Waals surface area contributed by atoms with Crippen molar-refractivity contribution in [2.75, 3.05) is 18.6 Å². The lowest BCUT2D eigenvalue weighted by atomic mass is 9.98. The van der Waals surface area contributed by atoms with Crippen molar-refractivity contribution in [1.29, 1.82) is 0 Å². The minimum absolute atomic E-state index is 0.143. The van der Waals surface area contributed by atoms with E-state index in [-0.39, 0.29) is 12.4 Å². The number of halogens is 1. The van der Waals surface area contributed by atoms with Crippen molar-refractivity contribution in [2.45, 2.75) is 25.9 Å². The van der Waals surface area contributed by atoms with Crippen molar-refractivity contribution >= 4 is 11.7 Å². The molecule has 1 aliphatic heterocycles. The summed E-state index contributed by atoms with van der Waals surface area (Å²) in [6.07, 6.45) is 1.65. The first-order valence-electron chi connectivity index (χ1n) is 8.43. The molecule has 1 heterocycles. The van der Waals surface area contributed by atoms with Crippen LogP contribution in [-0.2, 0) is 19.5 Å². The molecule has 0 aliphatic carbocycles. The third-order valence-corrected chi connectivity index (χ3v) is 4.49. The fourth-order valence-electron chi connectivity index (χ4n) is 3.33. The zero-order chi connectivity index (χ0) is 18.7. The number of hydrogen-bond acceptors (Lipinski definition) is 4. The Labute approximate surface area is 151 Å². The lowest BCUT2D eigenvalue weighted by molar-refractivity contribution is -0.0471. The Morgan fingerprint density at radius 2 is 2.15 bits per heavy atom. The maximum atomic E-state index is 14.8. The summed E-state index contributed by atoms with van der Waals surface area (Å²) in [4.78, 5) is 13.0. The van der Waals surface area contributed by atoms with Gasteiger partial charge in [-0.15, -0.1) is 0 Å². The molecule has 2 aromatic rings. The van der Waals surface area contributed by atoms with Crippen molar-refractivity contribution in [2.24, 2.45) is 5.73 Å². The number of urea groups is 1. The van der Waals surface area contributed by atoms with Crippen LogP contribution in [0.5, 0.6) is 5.75 Å². The Hall–Kier alpha value is -2.80. The van der Waals surface area contributed by atoms with Gasteiger partial charge in [-0.2, -0.15) is 0 Å². The maximum absolute atomic E-state index is 14.8. The normalized spacial score (nSPS) is 13.3. The number of hydrogen-bond donors (Lipinski definition) is 2. The summed E-state index contributed by atoms with van der Waals surface area (Å²) in [5.74, 6) is 0.406. The smallest absolute Gasteiger partial charge is 0.338 e. The van der Waals surface area contributed by atoms with E-state index in [9.17, 15) is 14.4 Å². The molecule has 0 saturated carbocycles. The number of nitrogens with two attached hydrogens (primary N) is 1. The first-order valence-corrected chi connectivity index (χ1v) is 8.43. The van der Waals surface area contributed by atoms with Crippen LogP contribution in [0, 0.1) is 5.82 Å². The molecule has 6 nitrogen and oxygen atoms in total. The summed E-state index contributed by atoms with van der Waals surface area (Å²) in [5.41, 5.74) is 8.00. The molecule has 26 heavy (non-hydrogen) atoms. The van der Waals surface area contributed by atoms with E-state index >= 15 is 0 Å². The van der Waals surface area contributed by atoms with Crippen LogP contribution < -0.4 is 15.4 Å². The molecule has 0 fully saturated rings. The van der Waals surface area contributed by atoms with Crippen molar-refractivity contribution in [3.05, 3.63) is 58.9 Å². The number of nitrogens with zero attached hydrogens (tertiary/aromatic N) is 2. The van der Waals surface area contributed by atoms with Crippen LogP contribution in [0.15, 0.2) is 36.4 Å². The van der Waals surface area contributed by atoms with Crippen LogP contribution in [0.25, 0.3) is 0 Å². The second kappa shape index (κ2) is 7.61. The molecule has 3 rings (SSSR count). The highest BCUT2D eigenvalue weighted by molar-refractivity contribution is 5.70. The highest BCUT2D eigenvalue weighted by Gasteiger charge is 2.22. The predicted octanol–water partition coefficient (Wildman–Crippen LogP) is 3.06. The number of ether oxygens (including phenoxy) is 1. The van der Waals surface area contributed by atoms with E-state index in [0.29, 0.717) is 22.9 Å². The molecule has 1 aliphatic rings. The van der Waals surface area contributed by atoms with Gasteiger partial charge in [0.15, 0.2) is 0 Å². The molecule has 0 radical (unpaired) electrons. The summed E-state index contributed by atoms with van der Waals surface area (Å²) in [7, 11) is 1.62. The average Bonchev–Trinajstić information content (AvgIpc) is 2.61. The van der Waals surface area contributed by atoms with Crippen molar-refractivity contribution in [1.82, 2.24) is 5.06 Å². The number of hydroxylamine groups is 2. The molecule has 0 unspecified atom stereocenters. The lowest BCUT2D eigenvalue weighted by Crippen LogP contribution is -2.33. The van der Waals surface area contributed by atoms with Gasteiger partial charge in [0.2, 0.25) is 0 Å². The van der Waals surface area contributed by atoms with E-state index in [1.165, 1.54) is 6.07 Å². The van der Waals surface area contributed by atoms with Crippen molar-refractivity contribution in [3.8, 4) is 5.75 Å². The molecule has 3 N–H and O–H groups in total. The maximum Gasteiger partial charge on any atom is 0.338 e. The number of carbonyl (C=O) groups excluding carboxylic acids is 1. The summed E-state index contributed by atoms with van der Waals surface area (Å²) >= 11 is 0. The first kappa shape index (κ1) is 18.0. The number of fused-ring (bicyclic) bond motifs is 1. The molecule has 0 atom stereocenters. The number of carbonyl (C=O) groups is 1. The molecule has 138 valence electrons. The topological polar surface area (TPSA) is 79.0 Å². The number of primary amides is 1. The van der Waals surface area contributed by atoms with Gasteiger partial charge in [-0.05, 0) is 47.7 Å². The Morgan fingerprint density at radius 1 is 1.35 bits per heavy atom. The van der Waals surface area contributed by atoms with Crippen molar-refractivity contribution < 1.29 is 19.1 Å². The van der Waals surface area contributed by atoms with Gasteiger partial charge < -0.3 is 15.4 Å². The first-order chi connectivity index (χ1) is 12.5. The third-order valence-electron chi connectivity index (χ3n) is 4.49. The number of rotatable bonds is 5. The number of amides is 2. The van der Waals surface area contributed by atoms with Gasteiger partial charge in [0.25, 0.3) is 0 Å². The summed E-state index contributed by atoms with van der Waals surface area (Å²) in [6.45, 7) is 1.19. The average molecular weight is 359 g/mol. The Balaban J connectivity index is 1.86. The summed E-state index contributed by atoms with van der Waals surface area (Å²) < 4.78 is 20.0. The molecule has 0 spiro atoms. The van der Waals surface area contributed by atoms with E-state index in [4.69, 9.17) is 10.5 Å². The third kappa shape index (κ3) is 3.88. The van der Waals surface area contributed by atoms with Crippen LogP contribution in [0.4, 0.5) is 14.9 Å². The van der Waals surface area contributed by atoms with Gasteiger partial charge in [-0.1, -0.05) is 18.2 Å². The highest BCUT2D eigenvalue weighted by Crippen LogP contribution is 2.33. The Bertz CT molecular complexity index is 813. The lowest BCUT2D eigenvalue weighted by Gasteiger charge is -2.32. The molecular formula is C19H22FN3O3. The number of methoxy groups -OCH3 is 1. The highest BCUT2D eigenvalue weighted by atomic mass is 19.1. The monoisotopic (exact) mass is 359 g/mol. The molecule has 2 aromatic carbocycles. The summed E-state index contributed by atoms with van der Waals surface area (Å²) in [5, 5.41) is 9.86. The standard InChI is InChI=1S/C19H22FN3O3/c1-26-16-6-2-4-13(9-16)11-22-7-3-5-15-8-14(10-17(20)18(15)22)12-23(25)19(21)24/h2,4,6,8-10,25H,3,5,7,11-12H2,1H3,(H2,21,24). The second-order valence-corrected chi connectivity index (χ2v) is 6.36. The zero-order valence-electron chi connectivity index (χ0n) is 14.6. The van der Waals surface area contributed by atoms with E-state index < -0.39 is 6.03 Å². The molecule has 7 heteroatoms. The van der Waals surface area contributed by atoms with Gasteiger partial charge in [0, 0.05) is 13.1 Å². The molecule has 2 amide bonds. The fraction of sp³-hybridized carbons (Fsp3) is 0.316. The quantitative estimate of drug-likeness (QED) is 0.635. The van der Waals surface area contributed by atoms with E-state index in [1.54, 1.807) is 7.11 Å². The summed E-state index contributed by atoms with van der Waals surface area (Å²) in [6, 6.07) is 9.91. The molecular weight excluding hydrogens is 337 g/mol. The van der Waals surface area contributed by atoms with Gasteiger partial charge in [-0.3, -0.25) is 5.21 Å². The minimum atomic E-state index is -0.970. The Kier molecular flexibility index (Phi) is 5.27. The predicted molar refractivity (Wildman–Crippen MR) is 95.7 cm³/mol. The van der Waals surface area contributed by atoms with Crippen LogP contribution in [0.1, 0.15) is 23.1 Å². The van der Waals surface area contributed by atoms with Crippen LogP contribution in [-0.4, -0.2) is 30.0 Å². The van der Waals surface area contributed by atoms with E-state index in [2.05, 4.69) is 0 Å². The van der Waals surface area contributed by atoms with Gasteiger partial charge in [0.05, 0.1) is 19.3 Å². The van der Waals surface area contributed by atoms with Gasteiger partial charge in [-0.25, -0.2) is 14.2 Å². The van der Waals surface area contributed by atoms with E-state index in [0.717, 1.165) is 36.3 Å². The van der Waals surface area contributed by atoms with Gasteiger partial charge in [0.1, 0.15) is 11.6 Å². The second-order valence-electron chi connectivity index (χ2n) is 6.36. The molecule has 0 aromatic heterocycles. The fourth-order valence-corrected chi connectivity index (χ4v) is 3.33. The van der Waals surface area contributed by atoms with Gasteiger partial charge >= 0.3 is 6.03 Å². The SMILES string of the molecule is COc1cccc(CN2CCCc3cc(CN(O)C(N)=O)cc(F)c32)c1. The number of aryl methyl sites for hydroxylation is 1. The minimum Gasteiger partial charge on any atom is -0.497 e. The Morgan fingerprint density at radius 3 is 2.88 bits per heavy atom. The molecule has 0 saturated heterocycles. The van der Waals surface area contributed by atoms with Crippen molar-refractivity contribution in [3.63, 3.8) is 0 Å². The zero-order valence-corrected chi connectivity index (χ0v) is 14.6. The van der Waals surface area contributed by atoms with Crippen LogP contribution in [0.3, 0.4) is 0 Å². The van der Waals surface area contributed by atoms with Crippen LogP contribution >= 0.6 is 0 Å².